The Morgan fingerprint density at radius 1 is 1.12 bits per heavy atom. The van der Waals surface area contributed by atoms with Gasteiger partial charge >= 0.3 is 0 Å². The molecular formula is C18H35N5O2. The Bertz CT molecular complexity index is 418. The molecule has 1 amide bonds. The van der Waals surface area contributed by atoms with Crippen LogP contribution in [0.25, 0.3) is 0 Å². The maximum Gasteiger partial charge on any atom is 0.223 e. The van der Waals surface area contributed by atoms with Gasteiger partial charge in [-0.3, -0.25) is 9.79 Å². The Morgan fingerprint density at radius 2 is 1.84 bits per heavy atom. The average molecular weight is 354 g/mol. The number of piperidine rings is 1. The number of rotatable bonds is 10. The van der Waals surface area contributed by atoms with Crippen molar-refractivity contribution in [2.45, 2.75) is 32.6 Å². The number of amides is 1. The molecule has 0 atom stereocenters. The topological polar surface area (TPSA) is 78.0 Å². The molecular weight excluding hydrogens is 318 g/mol. The molecule has 1 aliphatic heterocycles. The van der Waals surface area contributed by atoms with Gasteiger partial charge in [-0.15, -0.1) is 0 Å². The fraction of sp³-hybridized carbons (Fsp3) is 0.889. The summed E-state index contributed by atoms with van der Waals surface area (Å²) in [7, 11) is 1.76. The summed E-state index contributed by atoms with van der Waals surface area (Å²) in [6.07, 6.45) is 4.50. The molecule has 0 aromatic heterocycles. The zero-order chi connectivity index (χ0) is 17.9. The summed E-state index contributed by atoms with van der Waals surface area (Å²) < 4.78 is 5.15. The standard InChI is InChI=1S/C18H35N5O2/c1-3-19-18(21-9-8-20-17(24)16-4-5-16)22-14-15-6-10-23(11-7-15)12-13-25-2/h15-16H,3-14H2,1-2H3,(H,20,24)(H2,19,21,22). The van der Waals surface area contributed by atoms with Crippen molar-refractivity contribution in [3.8, 4) is 0 Å². The van der Waals surface area contributed by atoms with Gasteiger partial charge in [-0.05, 0) is 51.6 Å². The third-order valence-electron chi connectivity index (χ3n) is 4.84. The minimum atomic E-state index is 0.198. The third-order valence-corrected chi connectivity index (χ3v) is 4.84. The molecule has 2 fully saturated rings. The minimum absolute atomic E-state index is 0.198. The van der Waals surface area contributed by atoms with Crippen LogP contribution in [0.4, 0.5) is 0 Å². The maximum atomic E-state index is 11.6. The summed E-state index contributed by atoms with van der Waals surface area (Å²) in [6, 6.07) is 0. The second-order valence-corrected chi connectivity index (χ2v) is 6.99. The molecule has 7 heteroatoms. The van der Waals surface area contributed by atoms with Crippen LogP contribution < -0.4 is 16.0 Å². The SMILES string of the molecule is CCNC(=NCC1CCN(CCOC)CC1)NCCNC(=O)C1CC1. The van der Waals surface area contributed by atoms with Gasteiger partial charge in [0.1, 0.15) is 0 Å². The first-order valence-electron chi connectivity index (χ1n) is 9.74. The summed E-state index contributed by atoms with van der Waals surface area (Å²) in [6.45, 7) is 9.26. The number of hydrogen-bond acceptors (Lipinski definition) is 4. The van der Waals surface area contributed by atoms with Crippen molar-refractivity contribution in [3.63, 3.8) is 0 Å². The van der Waals surface area contributed by atoms with Gasteiger partial charge in [0.2, 0.25) is 5.91 Å². The first-order chi connectivity index (χ1) is 12.2. The van der Waals surface area contributed by atoms with E-state index in [4.69, 9.17) is 9.73 Å². The highest BCUT2D eigenvalue weighted by atomic mass is 16.5. The molecule has 0 spiro atoms. The van der Waals surface area contributed by atoms with Crippen LogP contribution in [0.5, 0.6) is 0 Å². The molecule has 1 saturated heterocycles. The molecule has 7 nitrogen and oxygen atoms in total. The number of ether oxygens (including phenoxy) is 1. The van der Waals surface area contributed by atoms with Crippen LogP contribution in [-0.2, 0) is 9.53 Å². The van der Waals surface area contributed by atoms with E-state index in [0.717, 1.165) is 58.1 Å². The number of guanidine groups is 1. The number of hydrogen-bond donors (Lipinski definition) is 3. The molecule has 0 aromatic carbocycles. The lowest BCUT2D eigenvalue weighted by atomic mass is 9.97. The highest BCUT2D eigenvalue weighted by Gasteiger charge is 2.28. The van der Waals surface area contributed by atoms with E-state index < -0.39 is 0 Å². The van der Waals surface area contributed by atoms with E-state index in [1.54, 1.807) is 7.11 Å². The Hall–Kier alpha value is -1.34. The lowest BCUT2D eigenvalue weighted by Crippen LogP contribution is -2.42. The number of nitrogens with one attached hydrogen (secondary N) is 3. The lowest BCUT2D eigenvalue weighted by Gasteiger charge is -2.31. The van der Waals surface area contributed by atoms with Gasteiger partial charge in [-0.2, -0.15) is 0 Å². The van der Waals surface area contributed by atoms with Crippen LogP contribution in [0.15, 0.2) is 4.99 Å². The summed E-state index contributed by atoms with van der Waals surface area (Å²) in [5.41, 5.74) is 0. The summed E-state index contributed by atoms with van der Waals surface area (Å²) in [4.78, 5) is 18.8. The molecule has 144 valence electrons. The second-order valence-electron chi connectivity index (χ2n) is 6.99. The number of nitrogens with zero attached hydrogens (tertiary/aromatic N) is 2. The van der Waals surface area contributed by atoms with Gasteiger partial charge in [-0.1, -0.05) is 0 Å². The molecule has 3 N–H and O–H groups in total. The highest BCUT2D eigenvalue weighted by Crippen LogP contribution is 2.28. The summed E-state index contributed by atoms with van der Waals surface area (Å²) in [5.74, 6) is 1.98. The second kappa shape index (κ2) is 11.3. The lowest BCUT2D eigenvalue weighted by molar-refractivity contribution is -0.122. The molecule has 0 bridgehead atoms. The zero-order valence-corrected chi connectivity index (χ0v) is 15.9. The van der Waals surface area contributed by atoms with E-state index in [9.17, 15) is 4.79 Å². The fourth-order valence-corrected chi connectivity index (χ4v) is 3.03. The Labute approximate surface area is 152 Å². The van der Waals surface area contributed by atoms with Crippen molar-refractivity contribution in [2.24, 2.45) is 16.8 Å². The van der Waals surface area contributed by atoms with Crippen LogP contribution in [0.1, 0.15) is 32.6 Å². The first-order valence-corrected chi connectivity index (χ1v) is 9.74. The van der Waals surface area contributed by atoms with E-state index >= 15 is 0 Å². The number of carbonyl (C=O) groups is 1. The largest absolute Gasteiger partial charge is 0.383 e. The third kappa shape index (κ3) is 8.05. The van der Waals surface area contributed by atoms with Crippen molar-refractivity contribution in [2.75, 3.05) is 59.5 Å². The molecule has 25 heavy (non-hydrogen) atoms. The van der Waals surface area contributed by atoms with Gasteiger partial charge in [0.15, 0.2) is 5.96 Å². The quantitative estimate of drug-likeness (QED) is 0.302. The predicted molar refractivity (Wildman–Crippen MR) is 101 cm³/mol. The Morgan fingerprint density at radius 3 is 2.48 bits per heavy atom. The maximum absolute atomic E-state index is 11.6. The minimum Gasteiger partial charge on any atom is -0.383 e. The molecule has 0 radical (unpaired) electrons. The van der Waals surface area contributed by atoms with Crippen LogP contribution >= 0.6 is 0 Å². The highest BCUT2D eigenvalue weighted by molar-refractivity contribution is 5.81. The van der Waals surface area contributed by atoms with Gasteiger partial charge in [0, 0.05) is 45.8 Å². The van der Waals surface area contributed by atoms with Crippen molar-refractivity contribution < 1.29 is 9.53 Å². The predicted octanol–water partition coefficient (Wildman–Crippen LogP) is 0.426. The molecule has 1 aliphatic carbocycles. The van der Waals surface area contributed by atoms with Crippen molar-refractivity contribution in [1.29, 1.82) is 0 Å². The fourth-order valence-electron chi connectivity index (χ4n) is 3.03. The van der Waals surface area contributed by atoms with Gasteiger partial charge in [-0.25, -0.2) is 0 Å². The van der Waals surface area contributed by atoms with Crippen molar-refractivity contribution in [3.05, 3.63) is 0 Å². The van der Waals surface area contributed by atoms with Gasteiger partial charge in [0.05, 0.1) is 6.61 Å². The number of methoxy groups -OCH3 is 1. The van der Waals surface area contributed by atoms with E-state index in [1.807, 2.05) is 0 Å². The Balaban J connectivity index is 1.62. The summed E-state index contributed by atoms with van der Waals surface area (Å²) in [5, 5.41) is 9.56. The van der Waals surface area contributed by atoms with Crippen LogP contribution in [0, 0.1) is 11.8 Å². The molecule has 0 unspecified atom stereocenters. The first kappa shape index (κ1) is 20.0. The summed E-state index contributed by atoms with van der Waals surface area (Å²) >= 11 is 0. The average Bonchev–Trinajstić information content (AvgIpc) is 3.47. The van der Waals surface area contributed by atoms with Crippen LogP contribution in [0.2, 0.25) is 0 Å². The van der Waals surface area contributed by atoms with Crippen LogP contribution in [-0.4, -0.2) is 76.3 Å². The normalized spacial score (nSPS) is 19.7. The molecule has 1 saturated carbocycles. The zero-order valence-electron chi connectivity index (χ0n) is 15.9. The molecule has 1 heterocycles. The van der Waals surface area contributed by atoms with E-state index in [2.05, 4.69) is 27.8 Å². The smallest absolute Gasteiger partial charge is 0.223 e. The van der Waals surface area contributed by atoms with E-state index in [-0.39, 0.29) is 11.8 Å². The number of likely N-dealkylation sites (tertiary alicyclic amines) is 1. The molecule has 2 aliphatic rings. The molecule has 0 aromatic rings. The number of aliphatic imine (C=N–C) groups is 1. The van der Waals surface area contributed by atoms with E-state index in [0.29, 0.717) is 19.0 Å². The van der Waals surface area contributed by atoms with Gasteiger partial charge < -0.3 is 25.6 Å². The number of carbonyl (C=O) groups excluding carboxylic acids is 1. The van der Waals surface area contributed by atoms with Crippen LogP contribution in [0.3, 0.4) is 0 Å². The van der Waals surface area contributed by atoms with Crippen molar-refractivity contribution in [1.82, 2.24) is 20.9 Å². The monoisotopic (exact) mass is 353 g/mol. The van der Waals surface area contributed by atoms with E-state index in [1.165, 1.54) is 12.8 Å². The van der Waals surface area contributed by atoms with Gasteiger partial charge in [0.25, 0.3) is 0 Å². The van der Waals surface area contributed by atoms with Crippen molar-refractivity contribution >= 4 is 11.9 Å². The Kier molecular flexibility index (Phi) is 9.04. The molecule has 2 rings (SSSR count).